The number of nitrogens with zero attached hydrogens (tertiary/aromatic N) is 3. The van der Waals surface area contributed by atoms with E-state index in [4.69, 9.17) is 0 Å². The second-order valence-electron chi connectivity index (χ2n) is 7.90. The minimum absolute atomic E-state index is 0.742. The first kappa shape index (κ1) is 19.5. The fourth-order valence-electron chi connectivity index (χ4n) is 4.60. The first-order valence-corrected chi connectivity index (χ1v) is 12.3. The maximum absolute atomic E-state index is 4.66. The number of fused-ring (bicyclic) bond motifs is 8. The second kappa shape index (κ2) is 7.72. The summed E-state index contributed by atoms with van der Waals surface area (Å²) in [6, 6.07) is 32.7. The van der Waals surface area contributed by atoms with Gasteiger partial charge in [-0.2, -0.15) is 0 Å². The van der Waals surface area contributed by atoms with Crippen molar-refractivity contribution in [1.29, 1.82) is 0 Å². The van der Waals surface area contributed by atoms with Crippen molar-refractivity contribution in [3.05, 3.63) is 96.8 Å². The van der Waals surface area contributed by atoms with Crippen LogP contribution < -0.4 is 3.53 Å². The molecule has 0 saturated heterocycles. The topological polar surface area (TPSA) is 38.7 Å². The molecule has 5 aromatic rings. The van der Waals surface area contributed by atoms with Gasteiger partial charge in [0.05, 0.1) is 0 Å². The summed E-state index contributed by atoms with van der Waals surface area (Å²) in [4.78, 5) is 13.7. The van der Waals surface area contributed by atoms with Gasteiger partial charge in [-0.25, -0.2) is 0 Å². The van der Waals surface area contributed by atoms with E-state index in [-0.39, 0.29) is 0 Å². The summed E-state index contributed by atoms with van der Waals surface area (Å²) in [5.74, 6) is 1.50. The van der Waals surface area contributed by atoms with Gasteiger partial charge in [-0.05, 0) is 0 Å². The first-order valence-electron chi connectivity index (χ1n) is 10.5. The van der Waals surface area contributed by atoms with Gasteiger partial charge in [0.15, 0.2) is 0 Å². The molecule has 0 saturated carbocycles. The summed E-state index contributed by atoms with van der Waals surface area (Å²) >= 11 is 1.02. The predicted octanol–water partition coefficient (Wildman–Crippen LogP) is 5.62. The molecular weight excluding hydrogens is 587 g/mol. The SMILES string of the molecule is Cc1n[c]([Bi])nc(-c2ccc3c(c2)-c2ccccc2-c2ccccc2-c2ccccc2-3)n1. The van der Waals surface area contributed by atoms with E-state index in [1.54, 1.807) is 0 Å². The fraction of sp³-hybridized carbons (Fsp3) is 0.0357. The van der Waals surface area contributed by atoms with Crippen LogP contribution in [0.5, 0.6) is 0 Å². The standard InChI is InChI=1S/C28H18N3.Bi/c1-18-29-17-30-28(31-18)19-14-15-26-24-12-5-4-10-22(24)20-8-2-3-9-21(20)23-11-6-7-13-25(23)27(26)16-19;/h2-16H,1H3;. The third-order valence-corrected chi connectivity index (χ3v) is 6.73. The van der Waals surface area contributed by atoms with E-state index in [1.807, 2.05) is 6.92 Å². The van der Waals surface area contributed by atoms with Crippen LogP contribution in [0, 0.1) is 6.92 Å². The van der Waals surface area contributed by atoms with Gasteiger partial charge >= 0.3 is 203 Å². The Morgan fingerprint density at radius 3 is 1.41 bits per heavy atom. The van der Waals surface area contributed by atoms with Crippen LogP contribution in [0.3, 0.4) is 0 Å². The Balaban J connectivity index is 1.71. The van der Waals surface area contributed by atoms with Gasteiger partial charge in [0.25, 0.3) is 0 Å². The van der Waals surface area contributed by atoms with E-state index in [0.29, 0.717) is 0 Å². The molecule has 6 rings (SSSR count). The number of hydrogen-bond acceptors (Lipinski definition) is 3. The molecule has 32 heavy (non-hydrogen) atoms. The summed E-state index contributed by atoms with van der Waals surface area (Å²) in [5.41, 5.74) is 10.9. The first-order chi connectivity index (χ1) is 15.7. The molecule has 0 bridgehead atoms. The van der Waals surface area contributed by atoms with Crippen molar-refractivity contribution in [3.63, 3.8) is 0 Å². The Morgan fingerprint density at radius 2 is 0.938 bits per heavy atom. The van der Waals surface area contributed by atoms with Crippen molar-refractivity contribution in [3.8, 4) is 55.9 Å². The summed E-state index contributed by atoms with van der Waals surface area (Å²) in [7, 11) is 0. The zero-order chi connectivity index (χ0) is 21.7. The van der Waals surface area contributed by atoms with Gasteiger partial charge in [0.2, 0.25) is 0 Å². The van der Waals surface area contributed by atoms with Crippen LogP contribution in [0.25, 0.3) is 55.9 Å². The van der Waals surface area contributed by atoms with E-state index in [1.165, 1.54) is 44.5 Å². The van der Waals surface area contributed by atoms with Crippen LogP contribution in [0.15, 0.2) is 91.0 Å². The Bertz CT molecular complexity index is 1480. The quantitative estimate of drug-likeness (QED) is 0.229. The van der Waals surface area contributed by atoms with Crippen LogP contribution >= 0.6 is 0 Å². The van der Waals surface area contributed by atoms with E-state index in [9.17, 15) is 0 Å². The number of aryl methyl sites for hydroxylation is 1. The summed E-state index contributed by atoms with van der Waals surface area (Å²) in [6.07, 6.45) is 0. The van der Waals surface area contributed by atoms with Crippen molar-refractivity contribution in [2.45, 2.75) is 6.92 Å². The molecule has 0 spiro atoms. The number of hydrogen-bond donors (Lipinski definition) is 0. The van der Waals surface area contributed by atoms with Crippen LogP contribution in [-0.2, 0) is 0 Å². The third kappa shape index (κ3) is 3.18. The number of aromatic nitrogens is 3. The summed E-state index contributed by atoms with van der Waals surface area (Å²) in [5, 5.41) is 0. The van der Waals surface area contributed by atoms with E-state index >= 15 is 0 Å². The molecule has 0 unspecified atom stereocenters. The van der Waals surface area contributed by atoms with Crippen LogP contribution in [-0.4, -0.2) is 39.7 Å². The van der Waals surface area contributed by atoms with Crippen molar-refractivity contribution < 1.29 is 0 Å². The summed E-state index contributed by atoms with van der Waals surface area (Å²) < 4.78 is 0.846. The molecule has 1 aromatic heterocycles. The second-order valence-corrected chi connectivity index (χ2v) is 9.46. The number of rotatable bonds is 1. The molecule has 0 aliphatic heterocycles. The zero-order valence-electron chi connectivity index (χ0n) is 17.4. The molecule has 4 heteroatoms. The van der Waals surface area contributed by atoms with Crippen LogP contribution in [0.1, 0.15) is 5.82 Å². The molecule has 150 valence electrons. The normalized spacial score (nSPS) is 11.4. The molecule has 3 nitrogen and oxygen atoms in total. The van der Waals surface area contributed by atoms with Crippen molar-refractivity contribution >= 4 is 28.3 Å². The molecule has 4 aromatic carbocycles. The molecule has 1 heterocycles. The third-order valence-electron chi connectivity index (χ3n) is 5.96. The average Bonchev–Trinajstić information content (AvgIpc) is 2.82. The molecule has 1 aliphatic rings. The average molecular weight is 605 g/mol. The number of benzene rings is 4. The Morgan fingerprint density at radius 1 is 0.500 bits per heavy atom. The van der Waals surface area contributed by atoms with Crippen molar-refractivity contribution in [2.24, 2.45) is 0 Å². The molecule has 0 N–H and O–H groups in total. The van der Waals surface area contributed by atoms with Gasteiger partial charge in [0, 0.05) is 0 Å². The Labute approximate surface area is 202 Å². The van der Waals surface area contributed by atoms with Crippen molar-refractivity contribution in [2.75, 3.05) is 0 Å². The van der Waals surface area contributed by atoms with E-state index in [2.05, 4.69) is 106 Å². The van der Waals surface area contributed by atoms with Gasteiger partial charge < -0.3 is 0 Å². The minimum atomic E-state index is 0.742. The van der Waals surface area contributed by atoms with E-state index < -0.39 is 0 Å². The summed E-state index contributed by atoms with van der Waals surface area (Å²) in [6.45, 7) is 1.93. The molecular formula is C28H18BiN3. The predicted molar refractivity (Wildman–Crippen MR) is 131 cm³/mol. The zero-order valence-corrected chi connectivity index (χ0v) is 20.9. The monoisotopic (exact) mass is 605 g/mol. The van der Waals surface area contributed by atoms with Gasteiger partial charge in [-0.1, -0.05) is 0 Å². The van der Waals surface area contributed by atoms with Gasteiger partial charge in [-0.15, -0.1) is 0 Å². The van der Waals surface area contributed by atoms with Crippen LogP contribution in [0.4, 0.5) is 0 Å². The Kier molecular flexibility index (Phi) is 4.70. The van der Waals surface area contributed by atoms with Gasteiger partial charge in [-0.3, -0.25) is 0 Å². The maximum atomic E-state index is 4.66. The van der Waals surface area contributed by atoms with Crippen molar-refractivity contribution in [1.82, 2.24) is 15.0 Å². The molecule has 2 radical (unpaired) electrons. The molecule has 1 aliphatic carbocycles. The molecule has 0 atom stereocenters. The molecule has 0 amide bonds. The van der Waals surface area contributed by atoms with E-state index in [0.717, 1.165) is 45.5 Å². The van der Waals surface area contributed by atoms with Crippen LogP contribution in [0.2, 0.25) is 0 Å². The fourth-order valence-corrected chi connectivity index (χ4v) is 5.53. The molecule has 0 fully saturated rings. The van der Waals surface area contributed by atoms with Gasteiger partial charge in [0.1, 0.15) is 0 Å². The Hall–Kier alpha value is -3.23.